The van der Waals surface area contributed by atoms with E-state index in [9.17, 15) is 4.79 Å². The molecule has 0 aromatic heterocycles. The summed E-state index contributed by atoms with van der Waals surface area (Å²) < 4.78 is 0.630. The van der Waals surface area contributed by atoms with Crippen LogP contribution in [0.2, 0.25) is 0 Å². The van der Waals surface area contributed by atoms with Gasteiger partial charge in [0.1, 0.15) is 0 Å². The SMILES string of the molecule is NC(=O)c1ccc(N)cc1Br. The van der Waals surface area contributed by atoms with Crippen molar-refractivity contribution in [3.8, 4) is 0 Å². The van der Waals surface area contributed by atoms with Gasteiger partial charge in [-0.15, -0.1) is 0 Å². The molecular formula is C7H7BrN2O. The van der Waals surface area contributed by atoms with Crippen LogP contribution in [0.1, 0.15) is 10.4 Å². The van der Waals surface area contributed by atoms with E-state index in [2.05, 4.69) is 15.9 Å². The molecule has 0 fully saturated rings. The third-order valence-corrected chi connectivity index (χ3v) is 1.91. The lowest BCUT2D eigenvalue weighted by molar-refractivity contribution is 0.0999. The zero-order valence-corrected chi connectivity index (χ0v) is 7.26. The number of carbonyl (C=O) groups is 1. The smallest absolute Gasteiger partial charge is 0.249 e. The second kappa shape index (κ2) is 2.92. The second-order valence-electron chi connectivity index (χ2n) is 2.10. The quantitative estimate of drug-likeness (QED) is 0.689. The first-order valence-electron chi connectivity index (χ1n) is 2.96. The summed E-state index contributed by atoms with van der Waals surface area (Å²) in [5.74, 6) is -0.461. The second-order valence-corrected chi connectivity index (χ2v) is 2.96. The number of benzene rings is 1. The summed E-state index contributed by atoms with van der Waals surface area (Å²) in [6.45, 7) is 0. The first kappa shape index (κ1) is 8.07. The van der Waals surface area contributed by atoms with Gasteiger partial charge in [0.25, 0.3) is 0 Å². The molecule has 0 saturated carbocycles. The highest BCUT2D eigenvalue weighted by molar-refractivity contribution is 9.10. The van der Waals surface area contributed by atoms with E-state index in [1.807, 2.05) is 0 Å². The summed E-state index contributed by atoms with van der Waals surface area (Å²) in [6.07, 6.45) is 0. The maximum atomic E-state index is 10.7. The van der Waals surface area contributed by atoms with E-state index in [0.29, 0.717) is 15.7 Å². The van der Waals surface area contributed by atoms with Gasteiger partial charge in [-0.25, -0.2) is 0 Å². The predicted octanol–water partition coefficient (Wildman–Crippen LogP) is 1.13. The molecule has 4 N–H and O–H groups in total. The molecule has 0 aliphatic carbocycles. The van der Waals surface area contributed by atoms with Crippen LogP contribution in [0.3, 0.4) is 0 Å². The number of anilines is 1. The van der Waals surface area contributed by atoms with Gasteiger partial charge in [-0.3, -0.25) is 4.79 Å². The highest BCUT2D eigenvalue weighted by Crippen LogP contribution is 2.18. The van der Waals surface area contributed by atoms with Gasteiger partial charge in [0, 0.05) is 10.2 Å². The Morgan fingerprint density at radius 2 is 2.09 bits per heavy atom. The topological polar surface area (TPSA) is 69.1 Å². The molecule has 0 aliphatic heterocycles. The minimum Gasteiger partial charge on any atom is -0.399 e. The molecule has 0 unspecified atom stereocenters. The molecule has 1 rings (SSSR count). The number of hydrogen-bond donors (Lipinski definition) is 2. The van der Waals surface area contributed by atoms with Crippen LogP contribution in [0, 0.1) is 0 Å². The molecule has 0 aliphatic rings. The molecule has 0 spiro atoms. The van der Waals surface area contributed by atoms with Gasteiger partial charge < -0.3 is 11.5 Å². The fourth-order valence-corrected chi connectivity index (χ4v) is 1.32. The molecule has 58 valence electrons. The van der Waals surface area contributed by atoms with E-state index >= 15 is 0 Å². The average Bonchev–Trinajstić information content (AvgIpc) is 1.85. The number of nitrogens with two attached hydrogens (primary N) is 2. The van der Waals surface area contributed by atoms with E-state index < -0.39 is 5.91 Å². The van der Waals surface area contributed by atoms with Crippen molar-refractivity contribution in [2.24, 2.45) is 5.73 Å². The van der Waals surface area contributed by atoms with Gasteiger partial charge in [0.05, 0.1) is 5.56 Å². The summed E-state index contributed by atoms with van der Waals surface area (Å²) in [5, 5.41) is 0. The molecule has 0 atom stereocenters. The zero-order chi connectivity index (χ0) is 8.43. The van der Waals surface area contributed by atoms with Crippen LogP contribution < -0.4 is 11.5 Å². The van der Waals surface area contributed by atoms with E-state index in [0.717, 1.165) is 0 Å². The standard InChI is InChI=1S/C7H7BrN2O/c8-6-3-4(9)1-2-5(6)7(10)11/h1-3H,9H2,(H2,10,11). The van der Waals surface area contributed by atoms with E-state index in [-0.39, 0.29) is 0 Å². The molecule has 1 aromatic carbocycles. The Bertz CT molecular complexity index is 298. The number of carbonyl (C=O) groups excluding carboxylic acids is 1. The van der Waals surface area contributed by atoms with Gasteiger partial charge in [-0.05, 0) is 34.1 Å². The van der Waals surface area contributed by atoms with Gasteiger partial charge >= 0.3 is 0 Å². The first-order valence-corrected chi connectivity index (χ1v) is 3.75. The fraction of sp³-hybridized carbons (Fsp3) is 0. The molecule has 3 nitrogen and oxygen atoms in total. The van der Waals surface area contributed by atoms with Gasteiger partial charge in [0.15, 0.2) is 0 Å². The molecule has 1 amide bonds. The van der Waals surface area contributed by atoms with E-state index in [1.165, 1.54) is 0 Å². The van der Waals surface area contributed by atoms with Crippen LogP contribution in [0.4, 0.5) is 5.69 Å². The molecule has 0 radical (unpaired) electrons. The maximum Gasteiger partial charge on any atom is 0.249 e. The number of nitrogen functional groups attached to an aromatic ring is 1. The first-order chi connectivity index (χ1) is 5.11. The lowest BCUT2D eigenvalue weighted by Crippen LogP contribution is -2.11. The monoisotopic (exact) mass is 214 g/mol. The number of hydrogen-bond acceptors (Lipinski definition) is 2. The number of halogens is 1. The van der Waals surface area contributed by atoms with E-state index in [4.69, 9.17) is 11.5 Å². The van der Waals surface area contributed by atoms with Crippen molar-refractivity contribution in [2.45, 2.75) is 0 Å². The van der Waals surface area contributed by atoms with Crippen molar-refractivity contribution in [3.63, 3.8) is 0 Å². The van der Waals surface area contributed by atoms with Crippen LogP contribution in [0.5, 0.6) is 0 Å². The predicted molar refractivity (Wildman–Crippen MR) is 47.1 cm³/mol. The molecule has 1 aromatic rings. The largest absolute Gasteiger partial charge is 0.399 e. The third kappa shape index (κ3) is 1.71. The van der Waals surface area contributed by atoms with Crippen LogP contribution in [-0.4, -0.2) is 5.91 Å². The lowest BCUT2D eigenvalue weighted by Gasteiger charge is -1.99. The zero-order valence-electron chi connectivity index (χ0n) is 5.67. The molecule has 0 bridgehead atoms. The normalized spacial score (nSPS) is 9.55. The van der Waals surface area contributed by atoms with Crippen molar-refractivity contribution in [3.05, 3.63) is 28.2 Å². The van der Waals surface area contributed by atoms with Crippen molar-refractivity contribution in [2.75, 3.05) is 5.73 Å². The molecule has 11 heavy (non-hydrogen) atoms. The van der Waals surface area contributed by atoms with Gasteiger partial charge in [0.2, 0.25) is 5.91 Å². The summed E-state index contributed by atoms with van der Waals surface area (Å²) in [4.78, 5) is 10.7. The minimum absolute atomic E-state index is 0.444. The Morgan fingerprint density at radius 3 is 2.55 bits per heavy atom. The summed E-state index contributed by atoms with van der Waals surface area (Å²) >= 11 is 3.17. The molecular weight excluding hydrogens is 208 g/mol. The summed E-state index contributed by atoms with van der Waals surface area (Å²) in [7, 11) is 0. The van der Waals surface area contributed by atoms with Crippen LogP contribution in [0.15, 0.2) is 22.7 Å². The van der Waals surface area contributed by atoms with Crippen LogP contribution in [0.25, 0.3) is 0 Å². The van der Waals surface area contributed by atoms with Crippen LogP contribution >= 0.6 is 15.9 Å². The third-order valence-electron chi connectivity index (χ3n) is 1.26. The highest BCUT2D eigenvalue weighted by Gasteiger charge is 2.04. The Balaban J connectivity index is 3.20. The van der Waals surface area contributed by atoms with Crippen molar-refractivity contribution >= 4 is 27.5 Å². The Morgan fingerprint density at radius 1 is 1.45 bits per heavy atom. The minimum atomic E-state index is -0.461. The molecule has 0 heterocycles. The number of rotatable bonds is 1. The Labute approximate surface area is 72.5 Å². The van der Waals surface area contributed by atoms with Crippen molar-refractivity contribution in [1.29, 1.82) is 0 Å². The number of primary amides is 1. The fourth-order valence-electron chi connectivity index (χ4n) is 0.731. The van der Waals surface area contributed by atoms with Crippen LogP contribution in [-0.2, 0) is 0 Å². The van der Waals surface area contributed by atoms with Crippen molar-refractivity contribution in [1.82, 2.24) is 0 Å². The average molecular weight is 215 g/mol. The maximum absolute atomic E-state index is 10.7. The van der Waals surface area contributed by atoms with E-state index in [1.54, 1.807) is 18.2 Å². The Kier molecular flexibility index (Phi) is 2.14. The molecule has 4 heteroatoms. The number of amides is 1. The molecule has 0 saturated heterocycles. The van der Waals surface area contributed by atoms with Gasteiger partial charge in [-0.1, -0.05) is 0 Å². The van der Waals surface area contributed by atoms with Crippen molar-refractivity contribution < 1.29 is 4.79 Å². The lowest BCUT2D eigenvalue weighted by atomic mass is 10.2. The summed E-state index contributed by atoms with van der Waals surface area (Å²) in [5.41, 5.74) is 11.5. The van der Waals surface area contributed by atoms with Gasteiger partial charge in [-0.2, -0.15) is 0 Å². The Hall–Kier alpha value is -1.03. The highest BCUT2D eigenvalue weighted by atomic mass is 79.9. The summed E-state index contributed by atoms with van der Waals surface area (Å²) in [6, 6.07) is 4.85.